The molecule has 1 amide bonds. The van der Waals surface area contributed by atoms with E-state index in [1.807, 2.05) is 29.2 Å². The van der Waals surface area contributed by atoms with E-state index < -0.39 is 0 Å². The topological polar surface area (TPSA) is 83.1 Å². The summed E-state index contributed by atoms with van der Waals surface area (Å²) in [5.74, 6) is 1.75. The van der Waals surface area contributed by atoms with Gasteiger partial charge in [0.15, 0.2) is 11.5 Å². The van der Waals surface area contributed by atoms with Crippen LogP contribution in [0.15, 0.2) is 66.7 Å². The van der Waals surface area contributed by atoms with Crippen LogP contribution < -0.4 is 10.1 Å². The van der Waals surface area contributed by atoms with Crippen molar-refractivity contribution in [3.8, 4) is 5.75 Å². The zero-order valence-corrected chi connectivity index (χ0v) is 18.6. The van der Waals surface area contributed by atoms with Gasteiger partial charge >= 0.3 is 0 Å². The number of rotatable bonds is 7. The number of hydrogen-bond acceptors (Lipinski definition) is 5. The van der Waals surface area contributed by atoms with Crippen LogP contribution in [0.4, 0.5) is 5.82 Å². The number of likely N-dealkylation sites (tertiary alicyclic amines) is 1. The van der Waals surface area contributed by atoms with E-state index in [1.54, 1.807) is 13.2 Å². The number of anilines is 1. The van der Waals surface area contributed by atoms with Crippen LogP contribution >= 0.6 is 0 Å². The van der Waals surface area contributed by atoms with Gasteiger partial charge in [-0.05, 0) is 48.7 Å². The van der Waals surface area contributed by atoms with Crippen LogP contribution in [0.3, 0.4) is 0 Å². The molecule has 5 rings (SSSR count). The molecule has 7 nitrogen and oxygen atoms in total. The molecule has 4 aromatic rings. The average molecular weight is 442 g/mol. The lowest BCUT2D eigenvalue weighted by Crippen LogP contribution is -2.28. The fraction of sp³-hybridized carbons (Fsp3) is 0.269. The fourth-order valence-electron chi connectivity index (χ4n) is 4.38. The summed E-state index contributed by atoms with van der Waals surface area (Å²) in [5.41, 5.74) is 3.70. The van der Waals surface area contributed by atoms with Crippen LogP contribution in [0.1, 0.15) is 34.0 Å². The molecule has 1 aliphatic heterocycles. The lowest BCUT2D eigenvalue weighted by atomic mass is 10.0. The average Bonchev–Trinajstić information content (AvgIpc) is 3.52. The highest BCUT2D eigenvalue weighted by atomic mass is 16.5. The Balaban J connectivity index is 1.23. The van der Waals surface area contributed by atoms with Crippen LogP contribution in [0, 0.1) is 0 Å². The molecule has 33 heavy (non-hydrogen) atoms. The maximum absolute atomic E-state index is 12.9. The molecular weight excluding hydrogens is 414 g/mol. The van der Waals surface area contributed by atoms with Crippen molar-refractivity contribution in [1.29, 1.82) is 0 Å². The standard InChI is InChI=1S/C26H27N5O2/c1-33-21-9-5-8-19(16-21)26(32)31-15-13-20(17-31)23-11-10-22-24(29-30-25(22)28-23)27-14-12-18-6-3-2-4-7-18/h2-11,16,20H,12-15,17H2,1H3,(H2,27,28,29,30)/t20-/m1/s1. The van der Waals surface area contributed by atoms with Crippen LogP contribution in [0.25, 0.3) is 11.0 Å². The quantitative estimate of drug-likeness (QED) is 0.448. The number of amides is 1. The predicted octanol–water partition coefficient (Wildman–Crippen LogP) is 4.25. The molecule has 0 saturated carbocycles. The summed E-state index contributed by atoms with van der Waals surface area (Å²) >= 11 is 0. The Morgan fingerprint density at radius 3 is 2.88 bits per heavy atom. The number of carbonyl (C=O) groups is 1. The summed E-state index contributed by atoms with van der Waals surface area (Å²) in [7, 11) is 1.61. The zero-order chi connectivity index (χ0) is 22.6. The second kappa shape index (κ2) is 9.32. The van der Waals surface area contributed by atoms with Gasteiger partial charge in [-0.2, -0.15) is 5.10 Å². The van der Waals surface area contributed by atoms with Crippen molar-refractivity contribution >= 4 is 22.8 Å². The minimum Gasteiger partial charge on any atom is -0.497 e. The molecule has 1 saturated heterocycles. The summed E-state index contributed by atoms with van der Waals surface area (Å²) < 4.78 is 5.25. The number of nitrogens with one attached hydrogen (secondary N) is 2. The van der Waals surface area contributed by atoms with Crippen LogP contribution in [-0.4, -0.2) is 52.7 Å². The number of benzene rings is 2. The molecule has 7 heteroatoms. The maximum atomic E-state index is 12.9. The minimum atomic E-state index is 0.0314. The molecule has 0 aliphatic carbocycles. The van der Waals surface area contributed by atoms with Crippen molar-refractivity contribution in [2.75, 3.05) is 32.1 Å². The monoisotopic (exact) mass is 441 g/mol. The molecular formula is C26H27N5O2. The van der Waals surface area contributed by atoms with Crippen LogP contribution in [0.5, 0.6) is 5.75 Å². The third kappa shape index (κ3) is 4.53. The number of ether oxygens (including phenoxy) is 1. The molecule has 1 fully saturated rings. The van der Waals surface area contributed by atoms with Gasteiger partial charge in [0.05, 0.1) is 12.5 Å². The van der Waals surface area contributed by atoms with E-state index in [2.05, 4.69) is 51.9 Å². The van der Waals surface area contributed by atoms with Crippen LogP contribution in [0.2, 0.25) is 0 Å². The number of methoxy groups -OCH3 is 1. The highest BCUT2D eigenvalue weighted by Gasteiger charge is 2.29. The van der Waals surface area contributed by atoms with E-state index in [4.69, 9.17) is 9.72 Å². The molecule has 3 heterocycles. The Morgan fingerprint density at radius 1 is 1.15 bits per heavy atom. The molecule has 0 radical (unpaired) electrons. The Kier molecular flexibility index (Phi) is 5.93. The Labute approximate surface area is 192 Å². The van der Waals surface area contributed by atoms with Gasteiger partial charge in [0.1, 0.15) is 5.75 Å². The van der Waals surface area contributed by atoms with Crippen molar-refractivity contribution in [3.05, 3.63) is 83.6 Å². The first-order valence-corrected chi connectivity index (χ1v) is 11.3. The first kappa shape index (κ1) is 21.0. The SMILES string of the molecule is COc1cccc(C(=O)N2CC[C@@H](c3ccc4c(NCCc5ccccc5)n[nH]c4n3)C2)c1. The van der Waals surface area contributed by atoms with Gasteiger partial charge in [0.25, 0.3) is 5.91 Å². The fourth-order valence-corrected chi connectivity index (χ4v) is 4.38. The van der Waals surface area contributed by atoms with Gasteiger partial charge in [-0.3, -0.25) is 9.89 Å². The van der Waals surface area contributed by atoms with Crippen molar-refractivity contribution in [1.82, 2.24) is 20.1 Å². The first-order chi connectivity index (χ1) is 16.2. The highest BCUT2D eigenvalue weighted by molar-refractivity contribution is 5.95. The lowest BCUT2D eigenvalue weighted by molar-refractivity contribution is 0.0790. The summed E-state index contributed by atoms with van der Waals surface area (Å²) in [6, 6.07) is 21.8. The number of aromatic amines is 1. The maximum Gasteiger partial charge on any atom is 0.254 e. The zero-order valence-electron chi connectivity index (χ0n) is 18.6. The largest absolute Gasteiger partial charge is 0.497 e. The molecule has 1 aliphatic rings. The van der Waals surface area contributed by atoms with E-state index in [1.165, 1.54) is 5.56 Å². The van der Waals surface area contributed by atoms with E-state index in [0.717, 1.165) is 48.5 Å². The lowest BCUT2D eigenvalue weighted by Gasteiger charge is -2.17. The summed E-state index contributed by atoms with van der Waals surface area (Å²) in [5, 5.41) is 11.9. The summed E-state index contributed by atoms with van der Waals surface area (Å²) in [4.78, 5) is 19.7. The molecule has 2 aromatic heterocycles. The van der Waals surface area contributed by atoms with Crippen molar-refractivity contribution in [3.63, 3.8) is 0 Å². The highest BCUT2D eigenvalue weighted by Crippen LogP contribution is 2.29. The normalized spacial score (nSPS) is 15.7. The first-order valence-electron chi connectivity index (χ1n) is 11.3. The number of hydrogen-bond donors (Lipinski definition) is 2. The van der Waals surface area contributed by atoms with Gasteiger partial charge in [-0.25, -0.2) is 4.98 Å². The van der Waals surface area contributed by atoms with Crippen LogP contribution in [-0.2, 0) is 6.42 Å². The van der Waals surface area contributed by atoms with Gasteiger partial charge in [-0.15, -0.1) is 0 Å². The van der Waals surface area contributed by atoms with Crippen molar-refractivity contribution in [2.24, 2.45) is 0 Å². The smallest absolute Gasteiger partial charge is 0.254 e. The second-order valence-electron chi connectivity index (χ2n) is 8.34. The molecule has 0 spiro atoms. The number of H-pyrrole nitrogens is 1. The number of aromatic nitrogens is 3. The summed E-state index contributed by atoms with van der Waals surface area (Å²) in [6.45, 7) is 2.18. The van der Waals surface area contributed by atoms with E-state index in [-0.39, 0.29) is 11.8 Å². The Bertz CT molecular complexity index is 1250. The van der Waals surface area contributed by atoms with E-state index in [0.29, 0.717) is 17.9 Å². The third-order valence-electron chi connectivity index (χ3n) is 6.20. The Hall–Kier alpha value is -3.87. The predicted molar refractivity (Wildman–Crippen MR) is 129 cm³/mol. The number of nitrogens with zero attached hydrogens (tertiary/aromatic N) is 3. The molecule has 0 unspecified atom stereocenters. The van der Waals surface area contributed by atoms with Gasteiger partial charge in [0, 0.05) is 36.8 Å². The minimum absolute atomic E-state index is 0.0314. The number of carbonyl (C=O) groups excluding carboxylic acids is 1. The molecule has 2 aromatic carbocycles. The third-order valence-corrected chi connectivity index (χ3v) is 6.20. The van der Waals surface area contributed by atoms with Gasteiger partial charge < -0.3 is 15.0 Å². The molecule has 0 bridgehead atoms. The second-order valence-corrected chi connectivity index (χ2v) is 8.34. The van der Waals surface area contributed by atoms with Crippen molar-refractivity contribution < 1.29 is 9.53 Å². The summed E-state index contributed by atoms with van der Waals surface area (Å²) in [6.07, 6.45) is 1.82. The van der Waals surface area contributed by atoms with Gasteiger partial charge in [-0.1, -0.05) is 36.4 Å². The number of pyridine rings is 1. The van der Waals surface area contributed by atoms with E-state index >= 15 is 0 Å². The van der Waals surface area contributed by atoms with Crippen molar-refractivity contribution in [2.45, 2.75) is 18.8 Å². The van der Waals surface area contributed by atoms with Gasteiger partial charge in [0.2, 0.25) is 0 Å². The molecule has 2 N–H and O–H groups in total. The van der Waals surface area contributed by atoms with E-state index in [9.17, 15) is 4.79 Å². The Morgan fingerprint density at radius 2 is 2.03 bits per heavy atom. The number of fused-ring (bicyclic) bond motifs is 1. The molecule has 168 valence electrons. The molecule has 1 atom stereocenters.